The predicted molar refractivity (Wildman–Crippen MR) is 72.9 cm³/mol. The van der Waals surface area contributed by atoms with Crippen molar-refractivity contribution in [2.24, 2.45) is 0 Å². The summed E-state index contributed by atoms with van der Waals surface area (Å²) in [5.41, 5.74) is 0.775. The van der Waals surface area contributed by atoms with Gasteiger partial charge < -0.3 is 5.32 Å². The molecular weight excluding hydrogens is 319 g/mol. The summed E-state index contributed by atoms with van der Waals surface area (Å²) in [6.45, 7) is 0.473. The van der Waals surface area contributed by atoms with Crippen molar-refractivity contribution in [3.8, 4) is 0 Å². The molecule has 2 aromatic rings. The zero-order valence-electron chi connectivity index (χ0n) is 9.84. The molecule has 0 saturated carbocycles. The average Bonchev–Trinajstić information content (AvgIpc) is 2.37. The molecule has 0 aliphatic heterocycles. The summed E-state index contributed by atoms with van der Waals surface area (Å²) in [6, 6.07) is 13.0. The molecule has 0 aliphatic rings. The van der Waals surface area contributed by atoms with Gasteiger partial charge in [0.25, 0.3) is 0 Å². The van der Waals surface area contributed by atoms with Crippen LogP contribution < -0.4 is 5.32 Å². The Morgan fingerprint density at radius 2 is 1.68 bits per heavy atom. The van der Waals surface area contributed by atoms with E-state index in [0.717, 1.165) is 17.7 Å². The molecule has 0 atom stereocenters. The van der Waals surface area contributed by atoms with Gasteiger partial charge in [-0.1, -0.05) is 30.3 Å². The molecule has 19 heavy (non-hydrogen) atoms. The van der Waals surface area contributed by atoms with Crippen molar-refractivity contribution in [2.75, 3.05) is 5.32 Å². The highest BCUT2D eigenvalue weighted by molar-refractivity contribution is 9.10. The highest BCUT2D eigenvalue weighted by Crippen LogP contribution is 2.34. The van der Waals surface area contributed by atoms with Crippen molar-refractivity contribution < 1.29 is 13.2 Å². The van der Waals surface area contributed by atoms with E-state index < -0.39 is 11.7 Å². The Balaban J connectivity index is 2.16. The SMILES string of the molecule is FC(F)(F)c1ccc(Br)c(NCc2ccccc2)c1. The molecule has 0 aliphatic carbocycles. The average molecular weight is 330 g/mol. The van der Waals surface area contributed by atoms with Crippen molar-refractivity contribution >= 4 is 21.6 Å². The van der Waals surface area contributed by atoms with Gasteiger partial charge >= 0.3 is 6.18 Å². The summed E-state index contributed by atoms with van der Waals surface area (Å²) < 4.78 is 38.5. The van der Waals surface area contributed by atoms with E-state index in [0.29, 0.717) is 16.7 Å². The summed E-state index contributed by atoms with van der Waals surface area (Å²) >= 11 is 3.24. The lowest BCUT2D eigenvalue weighted by atomic mass is 10.2. The molecule has 0 aromatic heterocycles. The molecule has 2 aromatic carbocycles. The highest BCUT2D eigenvalue weighted by Gasteiger charge is 2.30. The summed E-state index contributed by atoms with van der Waals surface area (Å²) in [6.07, 6.45) is -4.33. The molecule has 0 fully saturated rings. The molecule has 0 bridgehead atoms. The number of alkyl halides is 3. The number of nitrogens with one attached hydrogen (secondary N) is 1. The van der Waals surface area contributed by atoms with E-state index in [1.165, 1.54) is 6.07 Å². The largest absolute Gasteiger partial charge is 0.416 e. The smallest absolute Gasteiger partial charge is 0.380 e. The number of hydrogen-bond donors (Lipinski definition) is 1. The summed E-state index contributed by atoms with van der Waals surface area (Å²) in [5.74, 6) is 0. The number of anilines is 1. The van der Waals surface area contributed by atoms with Gasteiger partial charge in [-0.05, 0) is 39.7 Å². The summed E-state index contributed by atoms with van der Waals surface area (Å²) in [4.78, 5) is 0. The molecule has 100 valence electrons. The number of rotatable bonds is 3. The molecule has 2 rings (SSSR count). The van der Waals surface area contributed by atoms with Crippen LogP contribution in [0, 0.1) is 0 Å². The van der Waals surface area contributed by atoms with Crippen LogP contribution in [0.1, 0.15) is 11.1 Å². The first kappa shape index (κ1) is 13.9. The van der Waals surface area contributed by atoms with E-state index in [4.69, 9.17) is 0 Å². The lowest BCUT2D eigenvalue weighted by Gasteiger charge is -2.12. The maximum Gasteiger partial charge on any atom is 0.416 e. The molecule has 1 N–H and O–H groups in total. The second-order valence-electron chi connectivity index (χ2n) is 4.03. The van der Waals surface area contributed by atoms with Crippen molar-refractivity contribution in [1.29, 1.82) is 0 Å². The van der Waals surface area contributed by atoms with Crippen molar-refractivity contribution in [3.05, 3.63) is 64.1 Å². The van der Waals surface area contributed by atoms with Crippen LogP contribution in [0.25, 0.3) is 0 Å². The lowest BCUT2D eigenvalue weighted by molar-refractivity contribution is -0.137. The third-order valence-corrected chi connectivity index (χ3v) is 3.31. The Hall–Kier alpha value is -1.49. The minimum atomic E-state index is -4.33. The van der Waals surface area contributed by atoms with Crippen LogP contribution in [0.5, 0.6) is 0 Å². The first-order valence-corrected chi connectivity index (χ1v) is 6.40. The highest BCUT2D eigenvalue weighted by atomic mass is 79.9. The molecule has 1 nitrogen and oxygen atoms in total. The van der Waals surface area contributed by atoms with E-state index in [1.807, 2.05) is 30.3 Å². The Morgan fingerprint density at radius 1 is 1.00 bits per heavy atom. The van der Waals surface area contributed by atoms with Crippen molar-refractivity contribution in [3.63, 3.8) is 0 Å². The number of halogens is 4. The summed E-state index contributed by atoms with van der Waals surface area (Å²) in [5, 5.41) is 2.99. The van der Waals surface area contributed by atoms with Crippen LogP contribution in [0.4, 0.5) is 18.9 Å². The van der Waals surface area contributed by atoms with E-state index >= 15 is 0 Å². The first-order valence-electron chi connectivity index (χ1n) is 5.61. The molecule has 0 unspecified atom stereocenters. The van der Waals surface area contributed by atoms with Crippen molar-refractivity contribution in [1.82, 2.24) is 0 Å². The first-order chi connectivity index (χ1) is 8.97. The molecule has 0 amide bonds. The molecule has 0 radical (unpaired) electrons. The predicted octanol–water partition coefficient (Wildman–Crippen LogP) is 5.08. The standard InChI is InChI=1S/C14H11BrF3N/c15-12-7-6-11(14(16,17)18)8-13(12)19-9-10-4-2-1-3-5-10/h1-8,19H,9H2. The Bertz CT molecular complexity index is 552. The fraction of sp³-hybridized carbons (Fsp3) is 0.143. The monoisotopic (exact) mass is 329 g/mol. The quantitative estimate of drug-likeness (QED) is 0.827. The van der Waals surface area contributed by atoms with E-state index in [1.54, 1.807) is 0 Å². The second kappa shape index (κ2) is 5.65. The number of hydrogen-bond acceptors (Lipinski definition) is 1. The molecule has 0 heterocycles. The van der Waals surface area contributed by atoms with Crippen LogP contribution in [0.15, 0.2) is 53.0 Å². The van der Waals surface area contributed by atoms with Gasteiger partial charge in [0, 0.05) is 16.7 Å². The van der Waals surface area contributed by atoms with Crippen LogP contribution in [-0.2, 0) is 12.7 Å². The maximum atomic E-state index is 12.6. The van der Waals surface area contributed by atoms with Gasteiger partial charge in [0.2, 0.25) is 0 Å². The zero-order chi connectivity index (χ0) is 13.9. The molecule has 0 saturated heterocycles. The third kappa shape index (κ3) is 3.73. The second-order valence-corrected chi connectivity index (χ2v) is 4.89. The van der Waals surface area contributed by atoms with Crippen LogP contribution in [0.2, 0.25) is 0 Å². The minimum Gasteiger partial charge on any atom is -0.380 e. The Morgan fingerprint density at radius 3 is 2.32 bits per heavy atom. The van der Waals surface area contributed by atoms with Crippen LogP contribution >= 0.6 is 15.9 Å². The van der Waals surface area contributed by atoms with E-state index in [9.17, 15) is 13.2 Å². The van der Waals surface area contributed by atoms with Gasteiger partial charge in [0.05, 0.1) is 5.56 Å². The van der Waals surface area contributed by atoms with Crippen LogP contribution in [-0.4, -0.2) is 0 Å². The summed E-state index contributed by atoms with van der Waals surface area (Å²) in [7, 11) is 0. The third-order valence-electron chi connectivity index (χ3n) is 2.62. The normalized spacial score (nSPS) is 11.4. The molecular formula is C14H11BrF3N. The van der Waals surface area contributed by atoms with Crippen LogP contribution in [0.3, 0.4) is 0 Å². The van der Waals surface area contributed by atoms with Gasteiger partial charge in [-0.15, -0.1) is 0 Å². The topological polar surface area (TPSA) is 12.0 Å². The zero-order valence-corrected chi connectivity index (χ0v) is 11.4. The van der Waals surface area contributed by atoms with Gasteiger partial charge in [-0.2, -0.15) is 13.2 Å². The van der Waals surface area contributed by atoms with Gasteiger partial charge in [0.15, 0.2) is 0 Å². The molecule has 0 spiro atoms. The van der Waals surface area contributed by atoms with Gasteiger partial charge in [-0.3, -0.25) is 0 Å². The molecule has 5 heteroatoms. The van der Waals surface area contributed by atoms with Gasteiger partial charge in [-0.25, -0.2) is 0 Å². The Kier molecular flexibility index (Phi) is 4.14. The van der Waals surface area contributed by atoms with E-state index in [2.05, 4.69) is 21.2 Å². The fourth-order valence-electron chi connectivity index (χ4n) is 1.63. The lowest BCUT2D eigenvalue weighted by Crippen LogP contribution is -2.07. The van der Waals surface area contributed by atoms with Crippen molar-refractivity contribution in [2.45, 2.75) is 12.7 Å². The number of benzene rings is 2. The fourth-order valence-corrected chi connectivity index (χ4v) is 2.02. The minimum absolute atomic E-state index is 0.429. The maximum absolute atomic E-state index is 12.6. The van der Waals surface area contributed by atoms with E-state index in [-0.39, 0.29) is 0 Å². The van der Waals surface area contributed by atoms with Gasteiger partial charge in [0.1, 0.15) is 0 Å². The Labute approximate surface area is 117 Å².